The molecule has 1 unspecified atom stereocenters. The average molecular weight is 244 g/mol. The molecule has 0 amide bonds. The van der Waals surface area contributed by atoms with Gasteiger partial charge >= 0.3 is 0 Å². The Labute approximate surface area is 106 Å². The number of allylic oxidation sites excluding steroid dienone is 1. The van der Waals surface area contributed by atoms with Crippen LogP contribution in [0.5, 0.6) is 0 Å². The van der Waals surface area contributed by atoms with Crippen LogP contribution in [0.15, 0.2) is 28.9 Å². The van der Waals surface area contributed by atoms with Crippen LogP contribution in [-0.2, 0) is 12.8 Å². The van der Waals surface area contributed by atoms with E-state index in [4.69, 9.17) is 5.73 Å². The summed E-state index contributed by atoms with van der Waals surface area (Å²) in [5.41, 5.74) is 9.73. The Morgan fingerprint density at radius 2 is 2.06 bits per heavy atom. The number of hydrogen-bond donors (Lipinski definition) is 1. The second-order valence-electron chi connectivity index (χ2n) is 5.32. The second-order valence-corrected chi connectivity index (χ2v) is 5.32. The van der Waals surface area contributed by atoms with Crippen molar-refractivity contribution in [3.05, 3.63) is 40.8 Å². The number of nitrogens with two attached hydrogens (primary N) is 1. The summed E-state index contributed by atoms with van der Waals surface area (Å²) >= 11 is 0. The van der Waals surface area contributed by atoms with Gasteiger partial charge in [0.15, 0.2) is 0 Å². The van der Waals surface area contributed by atoms with Crippen molar-refractivity contribution in [2.45, 2.75) is 32.6 Å². The smallest absolute Gasteiger partial charge is 0.146 e. The van der Waals surface area contributed by atoms with Crippen molar-refractivity contribution in [2.75, 3.05) is 5.73 Å². The van der Waals surface area contributed by atoms with E-state index in [1.165, 1.54) is 11.1 Å². The van der Waals surface area contributed by atoms with Crippen LogP contribution < -0.4 is 5.73 Å². The third kappa shape index (κ3) is 1.57. The summed E-state index contributed by atoms with van der Waals surface area (Å²) in [7, 11) is 0. The number of nitrogens with zero attached hydrogens (tertiary/aromatic N) is 1. The van der Waals surface area contributed by atoms with Crippen LogP contribution in [0.4, 0.5) is 10.1 Å². The Balaban J connectivity index is 1.99. The normalized spacial score (nSPS) is 25.3. The first-order chi connectivity index (χ1) is 8.64. The first-order valence-corrected chi connectivity index (χ1v) is 6.42. The highest BCUT2D eigenvalue weighted by Crippen LogP contribution is 2.47. The zero-order chi connectivity index (χ0) is 12.8. The second kappa shape index (κ2) is 3.94. The molecule has 0 saturated heterocycles. The lowest BCUT2D eigenvalue weighted by molar-refractivity contribution is 0.359. The highest BCUT2D eigenvalue weighted by Gasteiger charge is 2.39. The summed E-state index contributed by atoms with van der Waals surface area (Å²) in [5.74, 6) is -0.294. The van der Waals surface area contributed by atoms with Gasteiger partial charge in [-0.05, 0) is 48.1 Å². The van der Waals surface area contributed by atoms with Gasteiger partial charge in [0.1, 0.15) is 5.82 Å². The van der Waals surface area contributed by atoms with Gasteiger partial charge in [0.25, 0.3) is 0 Å². The van der Waals surface area contributed by atoms with Crippen LogP contribution in [0.3, 0.4) is 0 Å². The lowest BCUT2D eigenvalue weighted by Crippen LogP contribution is -2.22. The van der Waals surface area contributed by atoms with Crippen molar-refractivity contribution in [3.63, 3.8) is 0 Å². The van der Waals surface area contributed by atoms with Crippen molar-refractivity contribution < 1.29 is 4.39 Å². The summed E-state index contributed by atoms with van der Waals surface area (Å²) in [4.78, 5) is 4.21. The highest BCUT2D eigenvalue weighted by molar-refractivity contribution is 5.67. The van der Waals surface area contributed by atoms with Crippen LogP contribution in [0, 0.1) is 11.2 Å². The van der Waals surface area contributed by atoms with E-state index in [-0.39, 0.29) is 16.9 Å². The summed E-state index contributed by atoms with van der Waals surface area (Å²) in [6.07, 6.45) is 7.78. The molecular weight excluding hydrogens is 227 g/mol. The van der Waals surface area contributed by atoms with Gasteiger partial charge in [-0.1, -0.05) is 6.92 Å². The van der Waals surface area contributed by atoms with E-state index in [2.05, 4.69) is 11.9 Å². The van der Waals surface area contributed by atoms with Gasteiger partial charge in [0, 0.05) is 24.3 Å². The fraction of sp³-hybridized carbons (Fsp3) is 0.400. The number of anilines is 1. The van der Waals surface area contributed by atoms with E-state index in [9.17, 15) is 4.39 Å². The monoisotopic (exact) mass is 244 g/mol. The van der Waals surface area contributed by atoms with Crippen molar-refractivity contribution >= 4 is 11.9 Å². The first kappa shape index (κ1) is 11.5. The summed E-state index contributed by atoms with van der Waals surface area (Å²) in [6.45, 7) is 2.20. The minimum Gasteiger partial charge on any atom is -0.396 e. The number of aliphatic imine (C=N–C) groups is 1. The molecule has 0 bridgehead atoms. The van der Waals surface area contributed by atoms with E-state index in [0.717, 1.165) is 31.2 Å². The van der Waals surface area contributed by atoms with Crippen molar-refractivity contribution in [1.29, 1.82) is 0 Å². The minimum absolute atomic E-state index is 0.124. The molecule has 1 aliphatic carbocycles. The highest BCUT2D eigenvalue weighted by atomic mass is 19.1. The summed E-state index contributed by atoms with van der Waals surface area (Å²) in [5, 5.41) is 0. The van der Waals surface area contributed by atoms with Crippen LogP contribution >= 0.6 is 0 Å². The molecule has 2 N–H and O–H groups in total. The fourth-order valence-electron chi connectivity index (χ4n) is 3.20. The number of halogens is 1. The van der Waals surface area contributed by atoms with Gasteiger partial charge in [-0.15, -0.1) is 0 Å². The molecule has 0 aromatic heterocycles. The molecule has 2 aliphatic rings. The summed E-state index contributed by atoms with van der Waals surface area (Å²) < 4.78 is 13.5. The Kier molecular flexibility index (Phi) is 2.51. The molecule has 0 spiro atoms. The van der Waals surface area contributed by atoms with Crippen LogP contribution in [-0.4, -0.2) is 6.21 Å². The first-order valence-electron chi connectivity index (χ1n) is 6.42. The largest absolute Gasteiger partial charge is 0.396 e. The van der Waals surface area contributed by atoms with Crippen molar-refractivity contribution in [2.24, 2.45) is 10.4 Å². The Hall–Kier alpha value is -1.64. The molecule has 94 valence electrons. The van der Waals surface area contributed by atoms with E-state index in [1.54, 1.807) is 12.1 Å². The number of nitrogen functional groups attached to an aromatic ring is 1. The molecule has 0 fully saturated rings. The molecule has 1 aromatic carbocycles. The number of rotatable bonds is 2. The van der Waals surface area contributed by atoms with Crippen LogP contribution in [0.1, 0.15) is 30.9 Å². The molecule has 1 aromatic rings. The molecule has 18 heavy (non-hydrogen) atoms. The fourth-order valence-corrected chi connectivity index (χ4v) is 3.20. The van der Waals surface area contributed by atoms with E-state index in [0.29, 0.717) is 0 Å². The maximum atomic E-state index is 13.5. The Morgan fingerprint density at radius 1 is 1.33 bits per heavy atom. The molecule has 0 saturated carbocycles. The van der Waals surface area contributed by atoms with Gasteiger partial charge in [-0.25, -0.2) is 4.39 Å². The molecule has 1 heterocycles. The molecular formula is C15H17FN2. The maximum Gasteiger partial charge on any atom is 0.146 e. The number of benzene rings is 1. The average Bonchev–Trinajstić information content (AvgIpc) is 2.97. The SMILES string of the molecule is CCC1(C2=CN=CC2)Cc2cc(N)c(F)cc2C1. The van der Waals surface area contributed by atoms with Gasteiger partial charge in [0.05, 0.1) is 5.69 Å². The molecule has 1 aliphatic heterocycles. The number of fused-ring (bicyclic) bond motifs is 1. The molecule has 1 atom stereocenters. The van der Waals surface area contributed by atoms with E-state index >= 15 is 0 Å². The van der Waals surface area contributed by atoms with E-state index in [1.807, 2.05) is 12.4 Å². The van der Waals surface area contributed by atoms with Gasteiger partial charge < -0.3 is 5.73 Å². The zero-order valence-electron chi connectivity index (χ0n) is 10.5. The third-order valence-corrected chi connectivity index (χ3v) is 4.38. The zero-order valence-corrected chi connectivity index (χ0v) is 10.5. The molecule has 0 radical (unpaired) electrons. The molecule has 3 rings (SSSR count). The minimum atomic E-state index is -0.294. The van der Waals surface area contributed by atoms with Crippen LogP contribution in [0.2, 0.25) is 0 Å². The van der Waals surface area contributed by atoms with E-state index < -0.39 is 0 Å². The number of hydrogen-bond acceptors (Lipinski definition) is 2. The van der Waals surface area contributed by atoms with Crippen molar-refractivity contribution in [3.8, 4) is 0 Å². The molecule has 3 heteroatoms. The quantitative estimate of drug-likeness (QED) is 0.797. The predicted octanol–water partition coefficient (Wildman–Crippen LogP) is 3.26. The topological polar surface area (TPSA) is 38.4 Å². The molecule has 2 nitrogen and oxygen atoms in total. The predicted molar refractivity (Wildman–Crippen MR) is 72.1 cm³/mol. The summed E-state index contributed by atoms with van der Waals surface area (Å²) in [6, 6.07) is 3.41. The van der Waals surface area contributed by atoms with Crippen LogP contribution in [0.25, 0.3) is 0 Å². The maximum absolute atomic E-state index is 13.5. The Bertz CT molecular complexity index is 527. The van der Waals surface area contributed by atoms with Gasteiger partial charge in [-0.2, -0.15) is 0 Å². The van der Waals surface area contributed by atoms with Gasteiger partial charge in [0.2, 0.25) is 0 Å². The standard InChI is InChI=1S/C15H17FN2/c1-2-15(12-3-4-18-9-12)7-10-5-13(16)14(17)6-11(10)8-15/h4-6,9H,2-3,7-8,17H2,1H3. The van der Waals surface area contributed by atoms with Gasteiger partial charge in [-0.3, -0.25) is 4.99 Å². The van der Waals surface area contributed by atoms with Crippen molar-refractivity contribution in [1.82, 2.24) is 0 Å². The third-order valence-electron chi connectivity index (χ3n) is 4.38. The Morgan fingerprint density at radius 3 is 2.67 bits per heavy atom. The lowest BCUT2D eigenvalue weighted by atomic mass is 9.75. The lowest BCUT2D eigenvalue weighted by Gasteiger charge is -2.28.